The number of nitrogens with one attached hydrogen (secondary N) is 3. The summed E-state index contributed by atoms with van der Waals surface area (Å²) in [5, 5.41) is 7.90. The number of amides is 4. The molecule has 2 heterocycles. The van der Waals surface area contributed by atoms with E-state index < -0.39 is 17.9 Å². The summed E-state index contributed by atoms with van der Waals surface area (Å²) >= 11 is 1.34. The van der Waals surface area contributed by atoms with Crippen molar-refractivity contribution in [1.29, 1.82) is 0 Å². The van der Waals surface area contributed by atoms with Crippen LogP contribution in [0.15, 0.2) is 18.3 Å². The fourth-order valence-corrected chi connectivity index (χ4v) is 4.49. The van der Waals surface area contributed by atoms with Crippen LogP contribution in [-0.2, 0) is 22.4 Å². The van der Waals surface area contributed by atoms with Crippen LogP contribution in [0.4, 0.5) is 15.6 Å². The predicted octanol–water partition coefficient (Wildman–Crippen LogP) is 3.12. The smallest absolute Gasteiger partial charge is 0.414 e. The number of fused-ring (bicyclic) bond motifs is 1. The Morgan fingerprint density at radius 1 is 1.13 bits per heavy atom. The highest BCUT2D eigenvalue weighted by Crippen LogP contribution is 2.38. The van der Waals surface area contributed by atoms with Gasteiger partial charge in [0.2, 0.25) is 5.91 Å². The van der Waals surface area contributed by atoms with Crippen LogP contribution in [0.5, 0.6) is 0 Å². The van der Waals surface area contributed by atoms with Crippen LogP contribution in [0.25, 0.3) is 0 Å². The minimum Gasteiger partial charge on any atom is -0.450 e. The molecule has 10 heteroatoms. The van der Waals surface area contributed by atoms with Crippen molar-refractivity contribution in [3.8, 4) is 0 Å². The van der Waals surface area contributed by atoms with Gasteiger partial charge in [0, 0.05) is 23.6 Å². The zero-order valence-corrected chi connectivity index (χ0v) is 17.5. The molecule has 1 aliphatic carbocycles. The largest absolute Gasteiger partial charge is 0.450 e. The quantitative estimate of drug-likeness (QED) is 0.669. The van der Waals surface area contributed by atoms with Crippen molar-refractivity contribution in [3.63, 3.8) is 0 Å². The highest BCUT2D eigenvalue weighted by Gasteiger charge is 2.27. The minimum atomic E-state index is -0.829. The molecule has 3 N–H and O–H groups in total. The molecular formula is C20H22N4O5S. The van der Waals surface area contributed by atoms with E-state index in [0.29, 0.717) is 17.0 Å². The zero-order valence-electron chi connectivity index (χ0n) is 16.7. The molecule has 1 aliphatic rings. The topological polar surface area (TPSA) is 126 Å². The molecule has 158 valence electrons. The van der Waals surface area contributed by atoms with E-state index in [1.807, 2.05) is 0 Å². The first-order valence-corrected chi connectivity index (χ1v) is 10.4. The van der Waals surface area contributed by atoms with Crippen LogP contribution >= 0.6 is 11.3 Å². The highest BCUT2D eigenvalue weighted by molar-refractivity contribution is 7.17. The van der Waals surface area contributed by atoms with Crippen molar-refractivity contribution in [2.24, 2.45) is 0 Å². The van der Waals surface area contributed by atoms with Gasteiger partial charge in [0.25, 0.3) is 11.8 Å². The first-order chi connectivity index (χ1) is 14.4. The monoisotopic (exact) mass is 430 g/mol. The number of rotatable bonds is 5. The lowest BCUT2D eigenvalue weighted by Gasteiger charge is -2.13. The van der Waals surface area contributed by atoms with E-state index in [2.05, 4.69) is 20.9 Å². The lowest BCUT2D eigenvalue weighted by atomic mass is 9.95. The Kier molecular flexibility index (Phi) is 6.78. The summed E-state index contributed by atoms with van der Waals surface area (Å²) in [6.45, 7) is 3.13. The molecule has 2 aromatic rings. The minimum absolute atomic E-state index is 0.142. The number of carbonyl (C=O) groups excluding carboxylic acids is 4. The number of aromatic nitrogens is 1. The Hall–Kier alpha value is -3.27. The van der Waals surface area contributed by atoms with E-state index in [1.165, 1.54) is 36.6 Å². The van der Waals surface area contributed by atoms with E-state index in [9.17, 15) is 19.2 Å². The maximum absolute atomic E-state index is 12.8. The van der Waals surface area contributed by atoms with Gasteiger partial charge in [0.05, 0.1) is 12.2 Å². The molecule has 0 saturated heterocycles. The molecule has 0 spiro atoms. The summed E-state index contributed by atoms with van der Waals surface area (Å²) in [5.74, 6) is -1.10. The second-order valence-corrected chi connectivity index (χ2v) is 7.76. The first-order valence-electron chi connectivity index (χ1n) is 9.56. The third kappa shape index (κ3) is 5.01. The van der Waals surface area contributed by atoms with Gasteiger partial charge in [0.15, 0.2) is 0 Å². The normalized spacial score (nSPS) is 12.5. The molecule has 2 aromatic heterocycles. The van der Waals surface area contributed by atoms with Crippen LogP contribution in [0.2, 0.25) is 0 Å². The highest BCUT2D eigenvalue weighted by atomic mass is 32.1. The number of thiophene rings is 1. The fourth-order valence-electron chi connectivity index (χ4n) is 3.21. The van der Waals surface area contributed by atoms with Gasteiger partial charge in [-0.1, -0.05) is 0 Å². The van der Waals surface area contributed by atoms with Crippen molar-refractivity contribution < 1.29 is 23.9 Å². The third-order valence-corrected chi connectivity index (χ3v) is 5.65. The number of alkyl carbamates (subject to hydrolysis) is 1. The van der Waals surface area contributed by atoms with E-state index in [-0.39, 0.29) is 23.9 Å². The number of anilines is 2. The van der Waals surface area contributed by atoms with Crippen molar-refractivity contribution in [3.05, 3.63) is 39.9 Å². The number of pyridine rings is 1. The second kappa shape index (κ2) is 9.49. The SMILES string of the molecule is CCOC(=O)NC(=O)c1c(NC(=O)c2ccnc(NC(C)=O)c2)sc2c1CCCC2. The molecule has 4 amide bonds. The average Bonchev–Trinajstić information content (AvgIpc) is 3.05. The molecular weight excluding hydrogens is 408 g/mol. The zero-order chi connectivity index (χ0) is 21.7. The van der Waals surface area contributed by atoms with Crippen LogP contribution in [0.1, 0.15) is 57.8 Å². The lowest BCUT2D eigenvalue weighted by Crippen LogP contribution is -2.32. The van der Waals surface area contributed by atoms with Gasteiger partial charge in [-0.15, -0.1) is 11.3 Å². The molecule has 3 rings (SSSR count). The Morgan fingerprint density at radius 3 is 2.63 bits per heavy atom. The van der Waals surface area contributed by atoms with Gasteiger partial charge >= 0.3 is 6.09 Å². The van der Waals surface area contributed by atoms with Gasteiger partial charge in [-0.05, 0) is 50.3 Å². The Labute approximate surface area is 177 Å². The van der Waals surface area contributed by atoms with Crippen molar-refractivity contribution in [1.82, 2.24) is 10.3 Å². The number of imide groups is 1. The lowest BCUT2D eigenvalue weighted by molar-refractivity contribution is -0.114. The number of aryl methyl sites for hydroxylation is 1. The summed E-state index contributed by atoms with van der Waals surface area (Å²) in [7, 11) is 0. The summed E-state index contributed by atoms with van der Waals surface area (Å²) in [6.07, 6.45) is 4.04. The Bertz CT molecular complexity index is 1000. The number of ether oxygens (including phenoxy) is 1. The van der Waals surface area contributed by atoms with E-state index in [4.69, 9.17) is 4.74 Å². The van der Waals surface area contributed by atoms with Gasteiger partial charge in [-0.3, -0.25) is 19.7 Å². The van der Waals surface area contributed by atoms with Crippen molar-refractivity contribution in [2.75, 3.05) is 17.2 Å². The molecule has 0 radical (unpaired) electrons. The number of nitrogens with zero attached hydrogens (tertiary/aromatic N) is 1. The fraction of sp³-hybridized carbons (Fsp3) is 0.350. The van der Waals surface area contributed by atoms with Crippen LogP contribution in [0, 0.1) is 0 Å². The van der Waals surface area contributed by atoms with Gasteiger partial charge < -0.3 is 15.4 Å². The standard InChI is InChI=1S/C20H22N4O5S/c1-3-29-20(28)24-18(27)16-13-6-4-5-7-14(13)30-19(16)23-17(26)12-8-9-21-15(10-12)22-11(2)25/h8-10H,3-7H2,1-2H3,(H,23,26)(H,21,22,25)(H,24,27,28). The van der Waals surface area contributed by atoms with Gasteiger partial charge in [-0.25, -0.2) is 9.78 Å². The molecule has 0 aliphatic heterocycles. The maximum Gasteiger partial charge on any atom is 0.414 e. The van der Waals surface area contributed by atoms with Gasteiger partial charge in [0.1, 0.15) is 10.8 Å². The molecule has 0 atom stereocenters. The van der Waals surface area contributed by atoms with E-state index >= 15 is 0 Å². The van der Waals surface area contributed by atoms with E-state index in [1.54, 1.807) is 6.92 Å². The molecule has 0 bridgehead atoms. The maximum atomic E-state index is 12.8. The summed E-state index contributed by atoms with van der Waals surface area (Å²) < 4.78 is 4.79. The summed E-state index contributed by atoms with van der Waals surface area (Å²) in [6, 6.07) is 2.95. The van der Waals surface area contributed by atoms with E-state index in [0.717, 1.165) is 29.7 Å². The average molecular weight is 430 g/mol. The summed E-state index contributed by atoms with van der Waals surface area (Å²) in [4.78, 5) is 53.5. The van der Waals surface area contributed by atoms with Crippen LogP contribution in [0.3, 0.4) is 0 Å². The summed E-state index contributed by atoms with van der Waals surface area (Å²) in [5.41, 5.74) is 1.43. The number of hydrogen-bond donors (Lipinski definition) is 3. The molecule has 0 aromatic carbocycles. The third-order valence-electron chi connectivity index (χ3n) is 4.44. The first kappa shape index (κ1) is 21.4. The molecule has 0 saturated carbocycles. The van der Waals surface area contributed by atoms with Crippen molar-refractivity contribution in [2.45, 2.75) is 39.5 Å². The van der Waals surface area contributed by atoms with Crippen molar-refractivity contribution >= 4 is 46.0 Å². The van der Waals surface area contributed by atoms with Gasteiger partial charge in [-0.2, -0.15) is 0 Å². The number of carbonyl (C=O) groups is 4. The predicted molar refractivity (Wildman–Crippen MR) is 112 cm³/mol. The van der Waals surface area contributed by atoms with Crippen LogP contribution in [-0.4, -0.2) is 35.4 Å². The molecule has 0 unspecified atom stereocenters. The second-order valence-electron chi connectivity index (χ2n) is 6.65. The Balaban J connectivity index is 1.87. The molecule has 9 nitrogen and oxygen atoms in total. The number of hydrogen-bond acceptors (Lipinski definition) is 7. The molecule has 0 fully saturated rings. The molecule has 30 heavy (non-hydrogen) atoms. The Morgan fingerprint density at radius 2 is 1.90 bits per heavy atom. The van der Waals surface area contributed by atoms with Crippen LogP contribution < -0.4 is 16.0 Å².